The summed E-state index contributed by atoms with van der Waals surface area (Å²) in [5.74, 6) is 0.348. The van der Waals surface area contributed by atoms with E-state index in [-0.39, 0.29) is 11.5 Å². The van der Waals surface area contributed by atoms with E-state index < -0.39 is 16.1 Å². The highest BCUT2D eigenvalue weighted by Crippen LogP contribution is 2.22. The number of nitrogens with one attached hydrogen (secondary N) is 1. The molecular weight excluding hydrogens is 266 g/mol. The second-order valence-electron chi connectivity index (χ2n) is 4.33. The predicted molar refractivity (Wildman–Crippen MR) is 74.5 cm³/mol. The van der Waals surface area contributed by atoms with Crippen LogP contribution in [0.1, 0.15) is 20.3 Å². The lowest BCUT2D eigenvalue weighted by Gasteiger charge is -2.23. The molecule has 108 valence electrons. The average Bonchev–Trinajstić information content (AvgIpc) is 2.43. The van der Waals surface area contributed by atoms with Crippen LogP contribution in [0.5, 0.6) is 0 Å². The zero-order valence-corrected chi connectivity index (χ0v) is 12.3. The summed E-state index contributed by atoms with van der Waals surface area (Å²) in [6.07, 6.45) is 2.42. The SMILES string of the molecule is CCCNc1ncccc1S(=O)(=O)N(C)C(C)CO. The maximum Gasteiger partial charge on any atom is 0.246 e. The van der Waals surface area contributed by atoms with Crippen LogP contribution in [0.2, 0.25) is 0 Å². The molecule has 0 saturated carbocycles. The van der Waals surface area contributed by atoms with Gasteiger partial charge < -0.3 is 10.4 Å². The summed E-state index contributed by atoms with van der Waals surface area (Å²) in [7, 11) is -2.21. The van der Waals surface area contributed by atoms with Gasteiger partial charge in [-0.2, -0.15) is 4.31 Å². The number of hydrogen-bond acceptors (Lipinski definition) is 5. The van der Waals surface area contributed by atoms with Crippen LogP contribution in [0.4, 0.5) is 5.82 Å². The summed E-state index contributed by atoms with van der Waals surface area (Å²) in [4.78, 5) is 4.20. The molecule has 1 rings (SSSR count). The van der Waals surface area contributed by atoms with E-state index in [1.54, 1.807) is 19.2 Å². The Kier molecular flexibility index (Phi) is 5.71. The fourth-order valence-corrected chi connectivity index (χ4v) is 2.95. The van der Waals surface area contributed by atoms with Gasteiger partial charge in [0.1, 0.15) is 10.7 Å². The van der Waals surface area contributed by atoms with E-state index in [1.807, 2.05) is 6.92 Å². The Balaban J connectivity index is 3.14. The van der Waals surface area contributed by atoms with Gasteiger partial charge in [0.05, 0.1) is 6.61 Å². The quantitative estimate of drug-likeness (QED) is 0.779. The Hall–Kier alpha value is -1.18. The second-order valence-corrected chi connectivity index (χ2v) is 6.30. The molecule has 2 N–H and O–H groups in total. The number of pyridine rings is 1. The van der Waals surface area contributed by atoms with Gasteiger partial charge in [0.15, 0.2) is 0 Å². The summed E-state index contributed by atoms with van der Waals surface area (Å²) < 4.78 is 26.1. The zero-order chi connectivity index (χ0) is 14.5. The van der Waals surface area contributed by atoms with E-state index >= 15 is 0 Å². The lowest BCUT2D eigenvalue weighted by molar-refractivity contribution is 0.214. The number of rotatable bonds is 7. The van der Waals surface area contributed by atoms with Crippen LogP contribution in [0, 0.1) is 0 Å². The summed E-state index contributed by atoms with van der Waals surface area (Å²) >= 11 is 0. The van der Waals surface area contributed by atoms with Gasteiger partial charge in [-0.15, -0.1) is 0 Å². The van der Waals surface area contributed by atoms with Crippen LogP contribution >= 0.6 is 0 Å². The molecule has 0 bridgehead atoms. The van der Waals surface area contributed by atoms with E-state index in [1.165, 1.54) is 13.1 Å². The second kappa shape index (κ2) is 6.83. The van der Waals surface area contributed by atoms with Crippen LogP contribution in [0.25, 0.3) is 0 Å². The fourth-order valence-electron chi connectivity index (χ4n) is 1.48. The van der Waals surface area contributed by atoms with E-state index in [2.05, 4.69) is 10.3 Å². The van der Waals surface area contributed by atoms with Crippen molar-refractivity contribution in [2.24, 2.45) is 0 Å². The Morgan fingerprint density at radius 1 is 1.53 bits per heavy atom. The van der Waals surface area contributed by atoms with Gasteiger partial charge >= 0.3 is 0 Å². The molecule has 0 spiro atoms. The molecule has 0 aromatic carbocycles. The van der Waals surface area contributed by atoms with Crippen LogP contribution < -0.4 is 5.32 Å². The van der Waals surface area contributed by atoms with Crippen molar-refractivity contribution in [3.05, 3.63) is 18.3 Å². The van der Waals surface area contributed by atoms with Gasteiger partial charge in [-0.3, -0.25) is 0 Å². The van der Waals surface area contributed by atoms with Gasteiger partial charge in [-0.1, -0.05) is 6.92 Å². The third-order valence-electron chi connectivity index (χ3n) is 2.86. The highest BCUT2D eigenvalue weighted by atomic mass is 32.2. The van der Waals surface area contributed by atoms with Crippen molar-refractivity contribution in [1.29, 1.82) is 0 Å². The molecule has 0 fully saturated rings. The van der Waals surface area contributed by atoms with Gasteiger partial charge in [0.25, 0.3) is 0 Å². The average molecular weight is 287 g/mol. The van der Waals surface area contributed by atoms with E-state index in [0.717, 1.165) is 10.7 Å². The number of nitrogens with zero attached hydrogens (tertiary/aromatic N) is 2. The molecule has 0 aliphatic carbocycles. The van der Waals surface area contributed by atoms with Crippen molar-refractivity contribution in [3.63, 3.8) is 0 Å². The molecule has 6 nitrogen and oxygen atoms in total. The Labute approximate surface area is 114 Å². The van der Waals surface area contributed by atoms with Crippen molar-refractivity contribution in [2.45, 2.75) is 31.2 Å². The minimum atomic E-state index is -3.66. The van der Waals surface area contributed by atoms with Gasteiger partial charge in [-0.25, -0.2) is 13.4 Å². The molecule has 1 heterocycles. The number of aliphatic hydroxyl groups is 1. The van der Waals surface area contributed by atoms with Crippen molar-refractivity contribution in [2.75, 3.05) is 25.5 Å². The highest BCUT2D eigenvalue weighted by molar-refractivity contribution is 7.89. The summed E-state index contributed by atoms with van der Waals surface area (Å²) in [6.45, 7) is 4.06. The van der Waals surface area contributed by atoms with Crippen LogP contribution in [-0.4, -0.2) is 49.1 Å². The summed E-state index contributed by atoms with van der Waals surface area (Å²) in [6, 6.07) is 2.62. The molecular formula is C12H21N3O3S. The highest BCUT2D eigenvalue weighted by Gasteiger charge is 2.27. The molecule has 0 saturated heterocycles. The number of sulfonamides is 1. The predicted octanol–water partition coefficient (Wildman–Crippen LogP) is 0.905. The maximum absolute atomic E-state index is 12.5. The minimum absolute atomic E-state index is 0.131. The van der Waals surface area contributed by atoms with Crippen LogP contribution in [-0.2, 0) is 10.0 Å². The number of aliphatic hydroxyl groups excluding tert-OH is 1. The summed E-state index contributed by atoms with van der Waals surface area (Å²) in [5.41, 5.74) is 0. The topological polar surface area (TPSA) is 82.5 Å². The Morgan fingerprint density at radius 3 is 2.79 bits per heavy atom. The zero-order valence-electron chi connectivity index (χ0n) is 11.5. The molecule has 0 aliphatic rings. The standard InChI is InChI=1S/C12H21N3O3S/c1-4-7-13-12-11(6-5-8-14-12)19(17,18)15(3)10(2)9-16/h5-6,8,10,16H,4,7,9H2,1-3H3,(H,13,14). The van der Waals surface area contributed by atoms with Crippen molar-refractivity contribution < 1.29 is 13.5 Å². The molecule has 19 heavy (non-hydrogen) atoms. The molecule has 1 aromatic heterocycles. The molecule has 1 atom stereocenters. The first-order valence-electron chi connectivity index (χ1n) is 6.23. The molecule has 1 aromatic rings. The van der Waals surface area contributed by atoms with Crippen LogP contribution in [0.3, 0.4) is 0 Å². The molecule has 0 aliphatic heterocycles. The molecule has 0 amide bonds. The van der Waals surface area contributed by atoms with Crippen molar-refractivity contribution in [3.8, 4) is 0 Å². The molecule has 7 heteroatoms. The van der Waals surface area contributed by atoms with E-state index in [4.69, 9.17) is 5.11 Å². The third kappa shape index (κ3) is 3.65. The fraction of sp³-hybridized carbons (Fsp3) is 0.583. The normalized spacial score (nSPS) is 13.5. The first kappa shape index (κ1) is 15.9. The number of hydrogen-bond donors (Lipinski definition) is 2. The van der Waals surface area contributed by atoms with Gasteiger partial charge in [-0.05, 0) is 25.5 Å². The lowest BCUT2D eigenvalue weighted by atomic mass is 10.4. The van der Waals surface area contributed by atoms with Crippen LogP contribution in [0.15, 0.2) is 23.2 Å². The first-order valence-corrected chi connectivity index (χ1v) is 7.67. The van der Waals surface area contributed by atoms with Crippen molar-refractivity contribution in [1.82, 2.24) is 9.29 Å². The Bertz CT molecular complexity index is 505. The minimum Gasteiger partial charge on any atom is -0.395 e. The lowest BCUT2D eigenvalue weighted by Crippen LogP contribution is -2.37. The van der Waals surface area contributed by atoms with E-state index in [0.29, 0.717) is 12.4 Å². The largest absolute Gasteiger partial charge is 0.395 e. The third-order valence-corrected chi connectivity index (χ3v) is 4.86. The number of anilines is 1. The van der Waals surface area contributed by atoms with Gasteiger partial charge in [0.2, 0.25) is 10.0 Å². The van der Waals surface area contributed by atoms with E-state index in [9.17, 15) is 8.42 Å². The smallest absolute Gasteiger partial charge is 0.246 e. The monoisotopic (exact) mass is 287 g/mol. The van der Waals surface area contributed by atoms with Gasteiger partial charge in [0, 0.05) is 25.8 Å². The number of likely N-dealkylation sites (N-methyl/N-ethyl adjacent to an activating group) is 1. The molecule has 0 radical (unpaired) electrons. The maximum atomic E-state index is 12.5. The van der Waals surface area contributed by atoms with Crippen molar-refractivity contribution >= 4 is 15.8 Å². The molecule has 1 unspecified atom stereocenters. The summed E-state index contributed by atoms with van der Waals surface area (Å²) in [5, 5.41) is 12.1. The first-order chi connectivity index (χ1) is 8.95. The number of aromatic nitrogens is 1. The Morgan fingerprint density at radius 2 is 2.21 bits per heavy atom.